The van der Waals surface area contributed by atoms with Gasteiger partial charge in [-0.1, -0.05) is 35.3 Å². The van der Waals surface area contributed by atoms with E-state index in [2.05, 4.69) is 37.3 Å². The maximum absolute atomic E-state index is 14.6. The van der Waals surface area contributed by atoms with Crippen molar-refractivity contribution in [3.63, 3.8) is 0 Å². The molecule has 0 aliphatic heterocycles. The average molecular weight is 659 g/mol. The first-order chi connectivity index (χ1) is 22.2. The number of thiazole rings is 2. The van der Waals surface area contributed by atoms with Crippen LogP contribution in [0.1, 0.15) is 55.3 Å². The summed E-state index contributed by atoms with van der Waals surface area (Å²) in [6, 6.07) is 14.0. The second-order valence-corrected chi connectivity index (χ2v) is 12.5. The quantitative estimate of drug-likeness (QED) is 0.0733. The molecule has 5 rings (SSSR count). The fraction of sp³-hybridized carbons (Fsp3) is 0.273. The van der Waals surface area contributed by atoms with Crippen LogP contribution < -0.4 is 10.1 Å². The van der Waals surface area contributed by atoms with E-state index in [1.165, 1.54) is 17.4 Å². The van der Waals surface area contributed by atoms with Crippen molar-refractivity contribution in [1.82, 2.24) is 25.1 Å². The summed E-state index contributed by atoms with van der Waals surface area (Å²) in [6.07, 6.45) is 0.807. The van der Waals surface area contributed by atoms with Crippen molar-refractivity contribution in [3.8, 4) is 17.6 Å². The number of carbonyl (C=O) groups excluding carboxylic acids is 2. The van der Waals surface area contributed by atoms with E-state index in [0.717, 1.165) is 21.6 Å². The first-order valence-electron chi connectivity index (χ1n) is 14.5. The number of ether oxygens (including phenoxy) is 2. The van der Waals surface area contributed by atoms with Gasteiger partial charge in [-0.15, -0.1) is 21.5 Å². The first kappa shape index (κ1) is 32.6. The zero-order valence-electron chi connectivity index (χ0n) is 25.7. The second kappa shape index (κ2) is 15.0. The van der Waals surface area contributed by atoms with Gasteiger partial charge in [-0.2, -0.15) is 0 Å². The van der Waals surface area contributed by atoms with Crippen molar-refractivity contribution in [2.24, 2.45) is 0 Å². The van der Waals surface area contributed by atoms with E-state index < -0.39 is 17.6 Å². The van der Waals surface area contributed by atoms with Crippen LogP contribution in [0, 0.1) is 24.6 Å². The summed E-state index contributed by atoms with van der Waals surface area (Å²) in [5.74, 6) is 4.89. The number of ketones is 1. The van der Waals surface area contributed by atoms with Gasteiger partial charge in [-0.3, -0.25) is 9.69 Å². The standard InChI is InChI=1S/C33H31FN6O4S2/c1-5-43-32(42)28-27(13-9-17-44-25-15-14-21(19-22(25)34)10-8-16-40(3)4)45-31(36-28)29(41)24-18-20(2)30(39-38-24)37-33-35-23-11-6-7-12-26(23)46-33/h6-7,11-12,14-15,18-19H,5,9,13,16-17H2,1-4H3,(H,35,37,39). The number of halogens is 1. The molecule has 0 saturated carbocycles. The SMILES string of the molecule is CCOC(=O)c1nc(C(=O)c2cc(C)c(Nc3nc4ccccc4s3)nn2)sc1CCCOc1ccc(C#CCN(C)C)cc1F. The molecule has 236 valence electrons. The summed E-state index contributed by atoms with van der Waals surface area (Å²) in [6.45, 7) is 4.42. The molecule has 0 spiro atoms. The van der Waals surface area contributed by atoms with Crippen LogP contribution in [-0.2, 0) is 11.2 Å². The van der Waals surface area contributed by atoms with Crippen molar-refractivity contribution in [1.29, 1.82) is 0 Å². The van der Waals surface area contributed by atoms with Gasteiger partial charge in [0.25, 0.3) is 0 Å². The van der Waals surface area contributed by atoms with E-state index in [-0.39, 0.29) is 35.4 Å². The molecule has 46 heavy (non-hydrogen) atoms. The van der Waals surface area contributed by atoms with Gasteiger partial charge in [0.15, 0.2) is 33.2 Å². The molecule has 0 aliphatic carbocycles. The van der Waals surface area contributed by atoms with Gasteiger partial charge < -0.3 is 14.8 Å². The summed E-state index contributed by atoms with van der Waals surface area (Å²) in [4.78, 5) is 37.5. The molecule has 0 radical (unpaired) electrons. The van der Waals surface area contributed by atoms with Crippen LogP contribution >= 0.6 is 22.7 Å². The Morgan fingerprint density at radius 2 is 1.89 bits per heavy atom. The number of hydrogen-bond acceptors (Lipinski definition) is 12. The molecule has 0 aliphatic rings. The lowest BCUT2D eigenvalue weighted by molar-refractivity contribution is 0.0519. The number of aromatic nitrogens is 4. The van der Waals surface area contributed by atoms with E-state index in [9.17, 15) is 14.0 Å². The van der Waals surface area contributed by atoms with Crippen LogP contribution in [0.5, 0.6) is 5.75 Å². The van der Waals surface area contributed by atoms with Crippen molar-refractivity contribution < 1.29 is 23.5 Å². The lowest BCUT2D eigenvalue weighted by Crippen LogP contribution is -2.11. The summed E-state index contributed by atoms with van der Waals surface area (Å²) < 4.78 is 26.4. The zero-order valence-corrected chi connectivity index (χ0v) is 27.4. The lowest BCUT2D eigenvalue weighted by atomic mass is 10.2. The molecule has 0 saturated heterocycles. The molecule has 3 aromatic heterocycles. The molecule has 10 nitrogen and oxygen atoms in total. The molecule has 13 heteroatoms. The fourth-order valence-electron chi connectivity index (χ4n) is 4.24. The maximum atomic E-state index is 14.6. The second-order valence-electron chi connectivity index (χ2n) is 10.4. The van der Waals surface area contributed by atoms with E-state index >= 15 is 0 Å². The average Bonchev–Trinajstić information content (AvgIpc) is 3.65. The van der Waals surface area contributed by atoms with Gasteiger partial charge >= 0.3 is 5.97 Å². The molecule has 3 heterocycles. The molecule has 5 aromatic rings. The number of para-hydroxylation sites is 1. The van der Waals surface area contributed by atoms with Gasteiger partial charge in [0, 0.05) is 10.4 Å². The van der Waals surface area contributed by atoms with Gasteiger partial charge in [-0.25, -0.2) is 19.2 Å². The Morgan fingerprint density at radius 1 is 1.07 bits per heavy atom. The smallest absolute Gasteiger partial charge is 0.358 e. The van der Waals surface area contributed by atoms with E-state index in [4.69, 9.17) is 9.47 Å². The summed E-state index contributed by atoms with van der Waals surface area (Å²) >= 11 is 2.58. The number of nitrogens with zero attached hydrogens (tertiary/aromatic N) is 5. The zero-order chi connectivity index (χ0) is 32.6. The Morgan fingerprint density at radius 3 is 2.63 bits per heavy atom. The van der Waals surface area contributed by atoms with E-state index in [1.807, 2.05) is 50.2 Å². The third-order valence-electron chi connectivity index (χ3n) is 6.46. The number of anilines is 2. The number of fused-ring (bicyclic) bond motifs is 1. The highest BCUT2D eigenvalue weighted by molar-refractivity contribution is 7.22. The van der Waals surface area contributed by atoms with Gasteiger partial charge in [0.05, 0.1) is 30.0 Å². The number of benzene rings is 2. The molecule has 2 aromatic carbocycles. The van der Waals surface area contributed by atoms with Crippen LogP contribution in [0.4, 0.5) is 15.3 Å². The fourth-order valence-corrected chi connectivity index (χ4v) is 6.15. The predicted molar refractivity (Wildman–Crippen MR) is 177 cm³/mol. The van der Waals surface area contributed by atoms with E-state index in [1.54, 1.807) is 25.1 Å². The highest BCUT2D eigenvalue weighted by atomic mass is 32.1. The van der Waals surface area contributed by atoms with Crippen molar-refractivity contribution in [2.45, 2.75) is 26.7 Å². The largest absolute Gasteiger partial charge is 0.491 e. The number of esters is 1. The number of nitrogens with one attached hydrogen (secondary N) is 1. The molecule has 0 amide bonds. The van der Waals surface area contributed by atoms with Crippen LogP contribution in [0.2, 0.25) is 0 Å². The maximum Gasteiger partial charge on any atom is 0.358 e. The third kappa shape index (κ3) is 8.08. The van der Waals surface area contributed by atoms with Crippen molar-refractivity contribution >= 4 is 55.6 Å². The Balaban J connectivity index is 1.25. The molecule has 0 atom stereocenters. The molecule has 0 bridgehead atoms. The molecule has 1 N–H and O–H groups in total. The minimum atomic E-state index is -0.622. The normalized spacial score (nSPS) is 10.9. The highest BCUT2D eigenvalue weighted by Crippen LogP contribution is 2.29. The topological polar surface area (TPSA) is 119 Å². The lowest BCUT2D eigenvalue weighted by Gasteiger charge is -2.07. The Kier molecular flexibility index (Phi) is 10.6. The predicted octanol–water partition coefficient (Wildman–Crippen LogP) is 6.07. The van der Waals surface area contributed by atoms with Crippen LogP contribution in [-0.4, -0.2) is 70.7 Å². The minimum absolute atomic E-state index is 0.0702. The summed E-state index contributed by atoms with van der Waals surface area (Å²) in [5, 5.41) is 12.3. The summed E-state index contributed by atoms with van der Waals surface area (Å²) in [7, 11) is 3.82. The van der Waals surface area contributed by atoms with Gasteiger partial charge in [0.2, 0.25) is 5.78 Å². The Bertz CT molecular complexity index is 1910. The minimum Gasteiger partial charge on any atom is -0.491 e. The molecular weight excluding hydrogens is 628 g/mol. The summed E-state index contributed by atoms with van der Waals surface area (Å²) in [5.41, 5.74) is 2.29. The highest BCUT2D eigenvalue weighted by Gasteiger charge is 2.25. The molecule has 0 fully saturated rings. The first-order valence-corrected chi connectivity index (χ1v) is 16.1. The van der Waals surface area contributed by atoms with Crippen molar-refractivity contribution in [2.75, 3.05) is 39.2 Å². The van der Waals surface area contributed by atoms with Crippen LogP contribution in [0.25, 0.3) is 10.2 Å². The van der Waals surface area contributed by atoms with Gasteiger partial charge in [-0.05, 0) is 82.7 Å². The Hall–Kier alpha value is -4.77. The Labute approximate surface area is 273 Å². The van der Waals surface area contributed by atoms with Crippen LogP contribution in [0.15, 0.2) is 48.5 Å². The monoisotopic (exact) mass is 658 g/mol. The van der Waals surface area contributed by atoms with Crippen molar-refractivity contribution in [3.05, 3.63) is 86.7 Å². The van der Waals surface area contributed by atoms with Crippen LogP contribution in [0.3, 0.4) is 0 Å². The number of rotatable bonds is 12. The van der Waals surface area contributed by atoms with E-state index in [0.29, 0.717) is 46.3 Å². The number of hydrogen-bond donors (Lipinski definition) is 1. The molecule has 0 unspecified atom stereocenters. The van der Waals surface area contributed by atoms with Gasteiger partial charge in [0.1, 0.15) is 5.69 Å². The number of carbonyl (C=O) groups is 2. The molecular formula is C33H31FN6O4S2. The number of aryl methyl sites for hydroxylation is 2. The third-order valence-corrected chi connectivity index (χ3v) is 8.53.